The number of ketones is 1. The molecule has 0 saturated carbocycles. The number of dihydropyridines is 1. The van der Waals surface area contributed by atoms with Crippen LogP contribution < -0.4 is 10.6 Å². The maximum atomic E-state index is 13.0. The highest BCUT2D eigenvalue weighted by atomic mass is 32.2. The van der Waals surface area contributed by atoms with Gasteiger partial charge in [0.15, 0.2) is 5.78 Å². The van der Waals surface area contributed by atoms with Gasteiger partial charge in [-0.15, -0.1) is 0 Å². The van der Waals surface area contributed by atoms with E-state index in [0.29, 0.717) is 40.6 Å². The van der Waals surface area contributed by atoms with Gasteiger partial charge in [-0.2, -0.15) is 5.26 Å². The lowest BCUT2D eigenvalue weighted by Crippen LogP contribution is -2.31. The SMILES string of the molecule is COC(=O)c1ccccc1NC(=O)CSC1=C(C#N)[C@H](c2ccc(C(C)C)cc2)C2=C(CCCC2=O)N1. The zero-order valence-electron chi connectivity index (χ0n) is 21.1. The minimum Gasteiger partial charge on any atom is -0.465 e. The maximum Gasteiger partial charge on any atom is 0.339 e. The number of nitrogens with zero attached hydrogens (tertiary/aromatic N) is 1. The van der Waals surface area contributed by atoms with Gasteiger partial charge in [0, 0.05) is 17.7 Å². The summed E-state index contributed by atoms with van der Waals surface area (Å²) in [5.41, 5.74) is 4.60. The van der Waals surface area contributed by atoms with Crippen LogP contribution in [0.4, 0.5) is 5.69 Å². The summed E-state index contributed by atoms with van der Waals surface area (Å²) >= 11 is 1.21. The molecule has 2 aromatic rings. The van der Waals surface area contributed by atoms with Crippen molar-refractivity contribution in [1.29, 1.82) is 5.26 Å². The Morgan fingerprint density at radius 2 is 1.89 bits per heavy atom. The molecule has 8 heteroatoms. The lowest BCUT2D eigenvalue weighted by Gasteiger charge is -2.33. The van der Waals surface area contributed by atoms with Crippen LogP contribution in [-0.4, -0.2) is 30.5 Å². The van der Waals surface area contributed by atoms with Gasteiger partial charge in [-0.25, -0.2) is 4.79 Å². The van der Waals surface area contributed by atoms with Crippen LogP contribution in [0.25, 0.3) is 0 Å². The van der Waals surface area contributed by atoms with Crippen molar-refractivity contribution < 1.29 is 19.1 Å². The molecule has 0 aromatic heterocycles. The minimum absolute atomic E-state index is 0.0125. The molecule has 0 saturated heterocycles. The van der Waals surface area contributed by atoms with E-state index < -0.39 is 11.9 Å². The van der Waals surface area contributed by atoms with E-state index in [9.17, 15) is 19.6 Å². The minimum atomic E-state index is -0.542. The Morgan fingerprint density at radius 1 is 1.16 bits per heavy atom. The Hall–Kier alpha value is -3.83. The second-order valence-electron chi connectivity index (χ2n) is 9.28. The van der Waals surface area contributed by atoms with Crippen molar-refractivity contribution in [2.24, 2.45) is 0 Å². The molecule has 1 aliphatic carbocycles. The highest BCUT2D eigenvalue weighted by Gasteiger charge is 2.37. The molecule has 0 fully saturated rings. The van der Waals surface area contributed by atoms with Crippen molar-refractivity contribution in [2.75, 3.05) is 18.2 Å². The van der Waals surface area contributed by atoms with Gasteiger partial charge in [0.05, 0.1) is 46.7 Å². The van der Waals surface area contributed by atoms with Gasteiger partial charge in [0.1, 0.15) is 0 Å². The molecule has 7 nitrogen and oxygen atoms in total. The third-order valence-corrected chi connectivity index (χ3v) is 7.57. The molecule has 0 radical (unpaired) electrons. The Labute approximate surface area is 221 Å². The van der Waals surface area contributed by atoms with Crippen molar-refractivity contribution in [3.8, 4) is 6.07 Å². The highest BCUT2D eigenvalue weighted by molar-refractivity contribution is 8.03. The van der Waals surface area contributed by atoms with Crippen LogP contribution >= 0.6 is 11.8 Å². The fourth-order valence-electron chi connectivity index (χ4n) is 4.65. The highest BCUT2D eigenvalue weighted by Crippen LogP contribution is 2.44. The van der Waals surface area contributed by atoms with Crippen molar-refractivity contribution in [3.63, 3.8) is 0 Å². The van der Waals surface area contributed by atoms with Gasteiger partial charge >= 0.3 is 5.97 Å². The number of rotatable bonds is 7. The van der Waals surface area contributed by atoms with Crippen LogP contribution in [0.15, 0.2) is 70.4 Å². The Kier molecular flexibility index (Phi) is 8.14. The van der Waals surface area contributed by atoms with E-state index in [1.54, 1.807) is 24.3 Å². The molecule has 0 bridgehead atoms. The number of hydrogen-bond acceptors (Lipinski definition) is 7. The number of benzene rings is 2. The van der Waals surface area contributed by atoms with Crippen molar-refractivity contribution in [2.45, 2.75) is 44.9 Å². The van der Waals surface area contributed by atoms with Crippen LogP contribution in [0.2, 0.25) is 0 Å². The molecule has 1 amide bonds. The van der Waals surface area contributed by atoms with Crippen molar-refractivity contribution in [3.05, 3.63) is 87.1 Å². The Balaban J connectivity index is 1.61. The number of amides is 1. The largest absolute Gasteiger partial charge is 0.465 e. The zero-order valence-corrected chi connectivity index (χ0v) is 21.9. The number of nitriles is 1. The molecule has 2 aliphatic rings. The van der Waals surface area contributed by atoms with Gasteiger partial charge in [0.2, 0.25) is 5.91 Å². The Morgan fingerprint density at radius 3 is 2.57 bits per heavy atom. The normalized spacial score (nSPS) is 17.2. The van der Waals surface area contributed by atoms with E-state index in [-0.39, 0.29) is 23.0 Å². The van der Waals surface area contributed by atoms with Crippen molar-refractivity contribution >= 4 is 35.1 Å². The average Bonchev–Trinajstić information content (AvgIpc) is 2.91. The molecule has 2 N–H and O–H groups in total. The number of methoxy groups -OCH3 is 1. The average molecular weight is 516 g/mol. The molecule has 2 aromatic carbocycles. The van der Waals surface area contributed by atoms with E-state index in [0.717, 1.165) is 17.7 Å². The first-order chi connectivity index (χ1) is 17.8. The van der Waals surface area contributed by atoms with Crippen LogP contribution in [0, 0.1) is 11.3 Å². The number of thioether (sulfide) groups is 1. The predicted octanol–water partition coefficient (Wildman–Crippen LogP) is 5.40. The molecule has 37 heavy (non-hydrogen) atoms. The fraction of sp³-hybridized carbons (Fsp3) is 0.310. The number of nitrogens with one attached hydrogen (secondary N) is 2. The summed E-state index contributed by atoms with van der Waals surface area (Å²) in [6, 6.07) is 17.0. The van der Waals surface area contributed by atoms with E-state index in [2.05, 4.69) is 30.6 Å². The number of para-hydroxylation sites is 1. The number of esters is 1. The topological polar surface area (TPSA) is 108 Å². The zero-order chi connectivity index (χ0) is 26.5. The lowest BCUT2D eigenvalue weighted by atomic mass is 9.76. The number of Topliss-reactive ketones (excluding diaryl/α,β-unsaturated/α-hetero) is 1. The Bertz CT molecular complexity index is 1340. The fourth-order valence-corrected chi connectivity index (χ4v) is 5.51. The van der Waals surface area contributed by atoms with E-state index >= 15 is 0 Å². The van der Waals surface area contributed by atoms with Crippen LogP contribution in [0.1, 0.15) is 66.4 Å². The summed E-state index contributed by atoms with van der Waals surface area (Å²) in [5.74, 6) is -0.905. The first-order valence-electron chi connectivity index (χ1n) is 12.2. The van der Waals surface area contributed by atoms with Gasteiger partial charge in [-0.05, 0) is 42.0 Å². The summed E-state index contributed by atoms with van der Waals surface area (Å²) in [6.45, 7) is 4.24. The number of allylic oxidation sites excluding steroid dienone is 3. The quantitative estimate of drug-likeness (QED) is 0.476. The monoisotopic (exact) mass is 515 g/mol. The van der Waals surface area contributed by atoms with Crippen LogP contribution in [-0.2, 0) is 14.3 Å². The van der Waals surface area contributed by atoms with Crippen LogP contribution in [0.5, 0.6) is 0 Å². The van der Waals surface area contributed by atoms with Crippen LogP contribution in [0.3, 0.4) is 0 Å². The summed E-state index contributed by atoms with van der Waals surface area (Å²) in [5, 5.41) is 16.8. The molecule has 4 rings (SSSR count). The molecule has 0 unspecified atom stereocenters. The molecular formula is C29H29N3O4S. The van der Waals surface area contributed by atoms with Gasteiger partial charge in [0.25, 0.3) is 0 Å². The second-order valence-corrected chi connectivity index (χ2v) is 10.3. The molecule has 1 aliphatic heterocycles. The second kappa shape index (κ2) is 11.5. The molecule has 1 heterocycles. The number of hydrogen-bond donors (Lipinski definition) is 2. The number of anilines is 1. The summed E-state index contributed by atoms with van der Waals surface area (Å²) in [4.78, 5) is 37.8. The molecule has 190 valence electrons. The third kappa shape index (κ3) is 5.62. The standard InChI is InChI=1S/C29H29N3O4S/c1-17(2)18-11-13-19(14-12-18)26-21(15-30)28(32-23-9-6-10-24(33)27(23)26)37-16-25(34)31-22-8-5-4-7-20(22)29(35)36-3/h4-5,7-8,11-14,17,26,32H,6,9-10,16H2,1-3H3,(H,31,34)/t26-/m0/s1. The number of carbonyl (C=O) groups excluding carboxylic acids is 3. The van der Waals surface area contributed by atoms with Gasteiger partial charge in [-0.3, -0.25) is 9.59 Å². The molecule has 0 spiro atoms. The van der Waals surface area contributed by atoms with Gasteiger partial charge < -0.3 is 15.4 Å². The van der Waals surface area contributed by atoms with E-state index in [1.807, 2.05) is 24.3 Å². The van der Waals surface area contributed by atoms with E-state index in [4.69, 9.17) is 4.74 Å². The first kappa shape index (κ1) is 26.2. The van der Waals surface area contributed by atoms with E-state index in [1.165, 1.54) is 24.4 Å². The van der Waals surface area contributed by atoms with Gasteiger partial charge in [-0.1, -0.05) is 62.0 Å². The first-order valence-corrected chi connectivity index (χ1v) is 13.2. The number of carbonyl (C=O) groups is 3. The summed E-state index contributed by atoms with van der Waals surface area (Å²) in [7, 11) is 1.28. The number of ether oxygens (including phenoxy) is 1. The van der Waals surface area contributed by atoms with Crippen molar-refractivity contribution in [1.82, 2.24) is 5.32 Å². The predicted molar refractivity (Wildman–Crippen MR) is 144 cm³/mol. The molecule has 1 atom stereocenters. The summed E-state index contributed by atoms with van der Waals surface area (Å²) in [6.07, 6.45) is 1.92. The molecular weight excluding hydrogens is 486 g/mol. The smallest absolute Gasteiger partial charge is 0.339 e. The lowest BCUT2D eigenvalue weighted by molar-refractivity contribution is -0.116. The summed E-state index contributed by atoms with van der Waals surface area (Å²) < 4.78 is 4.79. The third-order valence-electron chi connectivity index (χ3n) is 6.55. The maximum absolute atomic E-state index is 13.0.